The van der Waals surface area contributed by atoms with Crippen LogP contribution in [0.5, 0.6) is 0 Å². The molecule has 142 valence electrons. The van der Waals surface area contributed by atoms with E-state index in [-0.39, 0.29) is 0 Å². The highest BCUT2D eigenvalue weighted by atomic mass is 15.1. The molecule has 0 saturated carbocycles. The molecule has 2 nitrogen and oxygen atoms in total. The van der Waals surface area contributed by atoms with Crippen LogP contribution in [0, 0.1) is 6.92 Å². The maximum Gasteiger partial charge on any atom is 0.0485 e. The van der Waals surface area contributed by atoms with Gasteiger partial charge < -0.3 is 4.90 Å². The van der Waals surface area contributed by atoms with E-state index < -0.39 is 0 Å². The molecule has 3 rings (SSSR count). The summed E-state index contributed by atoms with van der Waals surface area (Å²) in [6, 6.07) is 17.0. The van der Waals surface area contributed by atoms with Gasteiger partial charge in [0.1, 0.15) is 0 Å². The van der Waals surface area contributed by atoms with Gasteiger partial charge in [0.25, 0.3) is 0 Å². The number of aliphatic imine (C=N–C) groups is 1. The molecule has 0 unspecified atom stereocenters. The molecule has 0 fully saturated rings. The highest BCUT2D eigenvalue weighted by molar-refractivity contribution is 5.90. The Morgan fingerprint density at radius 2 is 1.82 bits per heavy atom. The number of rotatable bonds is 6. The number of benzene rings is 2. The zero-order valence-corrected chi connectivity index (χ0v) is 17.0. The maximum absolute atomic E-state index is 4.34. The van der Waals surface area contributed by atoms with Crippen molar-refractivity contribution in [3.05, 3.63) is 102 Å². The lowest BCUT2D eigenvalue weighted by atomic mass is 9.98. The molecule has 0 saturated heterocycles. The summed E-state index contributed by atoms with van der Waals surface area (Å²) in [5.74, 6) is 0. The monoisotopic (exact) mass is 368 g/mol. The first-order valence-electron chi connectivity index (χ1n) is 9.93. The lowest BCUT2D eigenvalue weighted by Gasteiger charge is -2.26. The Labute approximate surface area is 168 Å². The number of fused-ring (bicyclic) bond motifs is 1. The smallest absolute Gasteiger partial charge is 0.0485 e. The number of hydrogen-bond donors (Lipinski definition) is 0. The first-order chi connectivity index (χ1) is 13.7. The fraction of sp³-hybridized carbons (Fsp3) is 0.192. The van der Waals surface area contributed by atoms with Crippen molar-refractivity contribution in [3.63, 3.8) is 0 Å². The molecular formula is C26H28N2. The van der Waals surface area contributed by atoms with Gasteiger partial charge in [-0.1, -0.05) is 60.7 Å². The van der Waals surface area contributed by atoms with Crippen molar-refractivity contribution < 1.29 is 0 Å². The quantitative estimate of drug-likeness (QED) is 0.422. The third-order valence-corrected chi connectivity index (χ3v) is 4.85. The Morgan fingerprint density at radius 1 is 1.04 bits per heavy atom. The first-order valence-corrected chi connectivity index (χ1v) is 9.93. The van der Waals surface area contributed by atoms with Crippen LogP contribution in [0.3, 0.4) is 0 Å². The third kappa shape index (κ3) is 4.58. The normalized spacial score (nSPS) is 15.8. The van der Waals surface area contributed by atoms with Crippen molar-refractivity contribution in [2.24, 2.45) is 4.99 Å². The predicted octanol–water partition coefficient (Wildman–Crippen LogP) is 6.46. The fourth-order valence-electron chi connectivity index (χ4n) is 3.36. The van der Waals surface area contributed by atoms with Gasteiger partial charge in [-0.3, -0.25) is 4.99 Å². The summed E-state index contributed by atoms with van der Waals surface area (Å²) < 4.78 is 0. The molecule has 0 radical (unpaired) electrons. The molecule has 0 spiro atoms. The highest BCUT2D eigenvalue weighted by Gasteiger charge is 2.13. The van der Waals surface area contributed by atoms with Gasteiger partial charge in [0.05, 0.1) is 0 Å². The minimum atomic E-state index is 0.792. The van der Waals surface area contributed by atoms with E-state index in [9.17, 15) is 0 Å². The molecule has 2 heteroatoms. The van der Waals surface area contributed by atoms with E-state index in [4.69, 9.17) is 0 Å². The van der Waals surface area contributed by atoms with Gasteiger partial charge in [-0.2, -0.15) is 0 Å². The summed E-state index contributed by atoms with van der Waals surface area (Å²) in [4.78, 5) is 6.62. The number of para-hydroxylation sites is 1. The van der Waals surface area contributed by atoms with Crippen molar-refractivity contribution in [2.45, 2.75) is 20.8 Å². The van der Waals surface area contributed by atoms with Gasteiger partial charge in [0.15, 0.2) is 0 Å². The summed E-state index contributed by atoms with van der Waals surface area (Å²) in [7, 11) is 0. The van der Waals surface area contributed by atoms with Crippen LogP contribution in [0.25, 0.3) is 11.1 Å². The van der Waals surface area contributed by atoms with Crippen LogP contribution in [-0.2, 0) is 0 Å². The van der Waals surface area contributed by atoms with Crippen molar-refractivity contribution in [1.29, 1.82) is 0 Å². The van der Waals surface area contributed by atoms with Gasteiger partial charge >= 0.3 is 0 Å². The second kappa shape index (κ2) is 9.70. The van der Waals surface area contributed by atoms with Crippen LogP contribution in [0.2, 0.25) is 0 Å². The van der Waals surface area contributed by atoms with Crippen molar-refractivity contribution >= 4 is 23.0 Å². The molecule has 0 N–H and O–H groups in total. The minimum absolute atomic E-state index is 0.792. The summed E-state index contributed by atoms with van der Waals surface area (Å²) in [6.07, 6.45) is 14.8. The molecule has 2 aromatic carbocycles. The number of hydrogen-bond acceptors (Lipinski definition) is 2. The van der Waals surface area contributed by atoms with Crippen molar-refractivity contribution in [2.75, 3.05) is 18.0 Å². The molecule has 28 heavy (non-hydrogen) atoms. The van der Waals surface area contributed by atoms with Crippen LogP contribution < -0.4 is 4.90 Å². The fourth-order valence-corrected chi connectivity index (χ4v) is 3.36. The second-order valence-electron chi connectivity index (χ2n) is 6.68. The number of allylic oxidation sites excluding steroid dienone is 7. The summed E-state index contributed by atoms with van der Waals surface area (Å²) in [5.41, 5.74) is 7.41. The van der Waals surface area contributed by atoms with Gasteiger partial charge in [-0.25, -0.2) is 0 Å². The summed E-state index contributed by atoms with van der Waals surface area (Å²) in [5, 5.41) is 0. The van der Waals surface area contributed by atoms with Gasteiger partial charge in [0.2, 0.25) is 0 Å². The molecule has 0 atom stereocenters. The van der Waals surface area contributed by atoms with E-state index in [1.807, 2.05) is 13.1 Å². The Hall–Kier alpha value is -3.13. The molecule has 2 aromatic rings. The summed E-state index contributed by atoms with van der Waals surface area (Å²) >= 11 is 0. The van der Waals surface area contributed by atoms with Crippen LogP contribution in [0.15, 0.2) is 90.1 Å². The SMILES string of the molecule is CCN=C/C=C(/C=C/C=C1/C=CN(CC)c2ccccc21)c1ccccc1C. The van der Waals surface area contributed by atoms with E-state index in [2.05, 4.69) is 109 Å². The van der Waals surface area contributed by atoms with Crippen LogP contribution in [0.4, 0.5) is 5.69 Å². The Bertz CT molecular complexity index is 958. The van der Waals surface area contributed by atoms with E-state index in [1.54, 1.807) is 0 Å². The van der Waals surface area contributed by atoms with Crippen molar-refractivity contribution in [1.82, 2.24) is 0 Å². The second-order valence-corrected chi connectivity index (χ2v) is 6.68. The van der Waals surface area contributed by atoms with Gasteiger partial charge in [-0.05, 0) is 61.3 Å². The van der Waals surface area contributed by atoms with E-state index in [1.165, 1.54) is 28.0 Å². The molecular weight excluding hydrogens is 340 g/mol. The van der Waals surface area contributed by atoms with E-state index >= 15 is 0 Å². The standard InChI is InChI=1S/C26H28N2/c1-4-27-19-17-22(24-14-7-6-11-21(24)3)12-10-13-23-18-20-28(5-2)26-16-9-8-15-25(23)26/h6-20H,4-5H2,1-3H3/b12-10+,22-17-,23-13-,27-19?. The third-order valence-electron chi connectivity index (χ3n) is 4.85. The van der Waals surface area contributed by atoms with Crippen LogP contribution in [0.1, 0.15) is 30.5 Å². The zero-order valence-electron chi connectivity index (χ0n) is 17.0. The molecule has 1 heterocycles. The predicted molar refractivity (Wildman–Crippen MR) is 124 cm³/mol. The molecule has 0 amide bonds. The lowest BCUT2D eigenvalue weighted by molar-refractivity contribution is 1.01. The Balaban J connectivity index is 1.93. The average molecular weight is 369 g/mol. The Kier molecular flexibility index (Phi) is 6.80. The largest absolute Gasteiger partial charge is 0.348 e. The Morgan fingerprint density at radius 3 is 2.61 bits per heavy atom. The highest BCUT2D eigenvalue weighted by Crippen LogP contribution is 2.32. The van der Waals surface area contributed by atoms with Crippen LogP contribution >= 0.6 is 0 Å². The minimum Gasteiger partial charge on any atom is -0.348 e. The van der Waals surface area contributed by atoms with E-state index in [0.717, 1.165) is 18.7 Å². The topological polar surface area (TPSA) is 15.6 Å². The molecule has 0 aromatic heterocycles. The molecule has 0 aliphatic carbocycles. The van der Waals surface area contributed by atoms with Crippen LogP contribution in [-0.4, -0.2) is 19.3 Å². The van der Waals surface area contributed by atoms with Crippen molar-refractivity contribution in [3.8, 4) is 0 Å². The van der Waals surface area contributed by atoms with Gasteiger partial charge in [0, 0.05) is 36.8 Å². The van der Waals surface area contributed by atoms with Gasteiger partial charge in [-0.15, -0.1) is 0 Å². The first kappa shape index (κ1) is 19.6. The average Bonchev–Trinajstić information content (AvgIpc) is 2.73. The molecule has 0 bridgehead atoms. The number of nitrogens with zero attached hydrogens (tertiary/aromatic N) is 2. The lowest BCUT2D eigenvalue weighted by Crippen LogP contribution is -2.18. The van der Waals surface area contributed by atoms with E-state index in [0.29, 0.717) is 0 Å². The maximum atomic E-state index is 4.34. The zero-order chi connectivity index (χ0) is 19.8. The number of aryl methyl sites for hydroxylation is 1. The number of anilines is 1. The molecule has 1 aliphatic rings. The summed E-state index contributed by atoms with van der Waals surface area (Å²) in [6.45, 7) is 8.12. The molecule has 1 aliphatic heterocycles.